The number of hydrogen-bond acceptors (Lipinski definition) is 6. The Morgan fingerprint density at radius 2 is 2.03 bits per heavy atom. The molecule has 0 aliphatic carbocycles. The number of ether oxygens (including phenoxy) is 1. The maximum atomic E-state index is 14.2. The third kappa shape index (κ3) is 5.21. The minimum absolute atomic E-state index is 0.215. The first-order valence-corrected chi connectivity index (χ1v) is 10.0. The molecule has 0 aliphatic heterocycles. The molecule has 0 aliphatic rings. The molecule has 0 atom stereocenters. The monoisotopic (exact) mass is 444 g/mol. The number of amides is 1. The average molecular weight is 444 g/mol. The highest BCUT2D eigenvalue weighted by molar-refractivity contribution is 5.98. The van der Waals surface area contributed by atoms with Gasteiger partial charge in [0.05, 0.1) is 17.4 Å². The van der Waals surface area contributed by atoms with E-state index in [1.54, 1.807) is 73.6 Å². The molecule has 4 aromatic rings. The van der Waals surface area contributed by atoms with Gasteiger partial charge in [-0.25, -0.2) is 9.37 Å². The first kappa shape index (κ1) is 21.7. The predicted molar refractivity (Wildman–Crippen MR) is 124 cm³/mol. The Morgan fingerprint density at radius 1 is 1.18 bits per heavy atom. The zero-order valence-corrected chi connectivity index (χ0v) is 18.0. The molecular formula is C24H21FN6O2. The summed E-state index contributed by atoms with van der Waals surface area (Å²) in [6, 6.07) is 11.7. The van der Waals surface area contributed by atoms with Crippen molar-refractivity contribution in [2.75, 3.05) is 10.6 Å². The van der Waals surface area contributed by atoms with Crippen molar-refractivity contribution in [1.82, 2.24) is 19.7 Å². The molecule has 2 aromatic heterocycles. The van der Waals surface area contributed by atoms with E-state index in [9.17, 15) is 9.18 Å². The molecule has 0 fully saturated rings. The van der Waals surface area contributed by atoms with Crippen LogP contribution in [0.1, 0.15) is 5.56 Å². The number of nitrogens with one attached hydrogen (secondary N) is 2. The van der Waals surface area contributed by atoms with Crippen LogP contribution >= 0.6 is 0 Å². The lowest BCUT2D eigenvalue weighted by Gasteiger charge is -2.13. The van der Waals surface area contributed by atoms with Gasteiger partial charge < -0.3 is 15.4 Å². The Morgan fingerprint density at radius 3 is 2.76 bits per heavy atom. The fourth-order valence-electron chi connectivity index (χ4n) is 3.02. The molecule has 9 heteroatoms. The summed E-state index contributed by atoms with van der Waals surface area (Å²) in [7, 11) is 1.80. The topological polar surface area (TPSA) is 94.0 Å². The van der Waals surface area contributed by atoms with Crippen LogP contribution in [-0.4, -0.2) is 25.7 Å². The summed E-state index contributed by atoms with van der Waals surface area (Å²) < 4.78 is 22.0. The number of carbonyl (C=O) groups is 1. The van der Waals surface area contributed by atoms with Crippen molar-refractivity contribution in [2.45, 2.75) is 6.92 Å². The van der Waals surface area contributed by atoms with Gasteiger partial charge in [-0.1, -0.05) is 24.8 Å². The van der Waals surface area contributed by atoms with Gasteiger partial charge in [0.25, 0.3) is 0 Å². The second-order valence-corrected chi connectivity index (χ2v) is 7.23. The van der Waals surface area contributed by atoms with Crippen LogP contribution in [0, 0.1) is 12.7 Å². The largest absolute Gasteiger partial charge is 0.438 e. The number of aromatic nitrogens is 4. The first-order valence-electron chi connectivity index (χ1n) is 10.0. The van der Waals surface area contributed by atoms with Gasteiger partial charge in [0.1, 0.15) is 11.6 Å². The van der Waals surface area contributed by atoms with Crippen molar-refractivity contribution < 1.29 is 13.9 Å². The van der Waals surface area contributed by atoms with Crippen LogP contribution in [-0.2, 0) is 11.8 Å². The summed E-state index contributed by atoms with van der Waals surface area (Å²) in [6.45, 7) is 5.14. The van der Waals surface area contributed by atoms with E-state index >= 15 is 0 Å². The molecule has 2 N–H and O–H groups in total. The fraction of sp³-hybridized carbons (Fsp3) is 0.0833. The van der Waals surface area contributed by atoms with E-state index in [1.807, 2.05) is 0 Å². The van der Waals surface area contributed by atoms with Crippen LogP contribution in [0.3, 0.4) is 0 Å². The second kappa shape index (κ2) is 9.31. The smallest absolute Gasteiger partial charge is 0.247 e. The molecule has 166 valence electrons. The molecule has 0 saturated carbocycles. The van der Waals surface area contributed by atoms with Crippen LogP contribution in [0.2, 0.25) is 0 Å². The third-order valence-corrected chi connectivity index (χ3v) is 4.70. The molecule has 0 spiro atoms. The number of hydrogen-bond donors (Lipinski definition) is 2. The zero-order chi connectivity index (χ0) is 23.4. The van der Waals surface area contributed by atoms with Crippen LogP contribution in [0.15, 0.2) is 73.7 Å². The minimum Gasteiger partial charge on any atom is -0.438 e. The van der Waals surface area contributed by atoms with Gasteiger partial charge in [-0.2, -0.15) is 10.1 Å². The maximum absolute atomic E-state index is 14.2. The standard InChI is InChI=1S/C24H21FN6O2/c1-4-22(32)28-17-6-5-7-19(11-17)33-23-20(16-9-8-15(2)21(25)10-16)13-26-24(30-23)29-18-12-27-31(3)14-18/h4-14H,1H2,2-3H3,(H,28,32)(H,26,29,30). The SMILES string of the molecule is C=CC(=O)Nc1cccc(Oc2nc(Nc3cnn(C)c3)ncc2-c2ccc(C)c(F)c2)c1. The lowest BCUT2D eigenvalue weighted by Crippen LogP contribution is -2.07. The van der Waals surface area contributed by atoms with E-state index in [1.165, 1.54) is 12.1 Å². The molecular weight excluding hydrogens is 423 g/mol. The first-order chi connectivity index (χ1) is 15.9. The number of aryl methyl sites for hydroxylation is 2. The fourth-order valence-corrected chi connectivity index (χ4v) is 3.02. The highest BCUT2D eigenvalue weighted by Crippen LogP contribution is 2.34. The zero-order valence-electron chi connectivity index (χ0n) is 18.0. The molecule has 2 heterocycles. The molecule has 0 radical (unpaired) electrons. The number of halogens is 1. The normalized spacial score (nSPS) is 10.5. The van der Waals surface area contributed by atoms with Crippen molar-refractivity contribution >= 4 is 23.2 Å². The van der Waals surface area contributed by atoms with E-state index in [4.69, 9.17) is 4.74 Å². The Balaban J connectivity index is 1.71. The highest BCUT2D eigenvalue weighted by atomic mass is 19.1. The van der Waals surface area contributed by atoms with Crippen molar-refractivity contribution in [3.05, 3.63) is 85.1 Å². The molecule has 0 saturated heterocycles. The van der Waals surface area contributed by atoms with Crippen molar-refractivity contribution in [1.29, 1.82) is 0 Å². The van der Waals surface area contributed by atoms with Crippen LogP contribution in [0.5, 0.6) is 11.6 Å². The predicted octanol–water partition coefficient (Wildman–Crippen LogP) is 4.99. The summed E-state index contributed by atoms with van der Waals surface area (Å²) >= 11 is 0. The maximum Gasteiger partial charge on any atom is 0.247 e. The Bertz CT molecular complexity index is 1330. The van der Waals surface area contributed by atoms with Gasteiger partial charge in [0.2, 0.25) is 17.7 Å². The Hall–Kier alpha value is -4.53. The number of carbonyl (C=O) groups excluding carboxylic acids is 1. The summed E-state index contributed by atoms with van der Waals surface area (Å²) in [5.41, 5.74) is 2.83. The van der Waals surface area contributed by atoms with E-state index in [2.05, 4.69) is 32.3 Å². The van der Waals surface area contributed by atoms with E-state index in [0.717, 1.165) is 0 Å². The van der Waals surface area contributed by atoms with E-state index < -0.39 is 0 Å². The van der Waals surface area contributed by atoms with Gasteiger partial charge in [0.15, 0.2) is 0 Å². The molecule has 4 rings (SSSR count). The molecule has 1 amide bonds. The van der Waals surface area contributed by atoms with Gasteiger partial charge >= 0.3 is 0 Å². The lowest BCUT2D eigenvalue weighted by molar-refractivity contribution is -0.111. The van der Waals surface area contributed by atoms with Crippen molar-refractivity contribution in [3.63, 3.8) is 0 Å². The third-order valence-electron chi connectivity index (χ3n) is 4.70. The summed E-state index contributed by atoms with van der Waals surface area (Å²) in [5.74, 6) is 0.243. The van der Waals surface area contributed by atoms with Crippen molar-refractivity contribution in [3.8, 4) is 22.8 Å². The minimum atomic E-state index is -0.342. The number of nitrogens with zero attached hydrogens (tertiary/aromatic N) is 4. The summed E-state index contributed by atoms with van der Waals surface area (Å²) in [4.78, 5) is 20.5. The molecule has 0 unspecified atom stereocenters. The highest BCUT2D eigenvalue weighted by Gasteiger charge is 2.14. The molecule has 33 heavy (non-hydrogen) atoms. The van der Waals surface area contributed by atoms with Gasteiger partial charge in [-0.3, -0.25) is 9.48 Å². The molecule has 2 aromatic carbocycles. The number of anilines is 3. The Kier molecular flexibility index (Phi) is 6.12. The average Bonchev–Trinajstić information content (AvgIpc) is 3.20. The second-order valence-electron chi connectivity index (χ2n) is 7.23. The van der Waals surface area contributed by atoms with Crippen LogP contribution in [0.25, 0.3) is 11.1 Å². The lowest BCUT2D eigenvalue weighted by atomic mass is 10.1. The van der Waals surface area contributed by atoms with E-state index in [-0.39, 0.29) is 23.6 Å². The van der Waals surface area contributed by atoms with Crippen LogP contribution < -0.4 is 15.4 Å². The number of rotatable bonds is 7. The van der Waals surface area contributed by atoms with Crippen LogP contribution in [0.4, 0.5) is 21.7 Å². The molecule has 8 nitrogen and oxygen atoms in total. The Labute approximate surface area is 189 Å². The quantitative estimate of drug-likeness (QED) is 0.390. The van der Waals surface area contributed by atoms with Crippen molar-refractivity contribution in [2.24, 2.45) is 7.05 Å². The van der Waals surface area contributed by atoms with Gasteiger partial charge in [0, 0.05) is 31.2 Å². The van der Waals surface area contributed by atoms with Gasteiger partial charge in [-0.05, 0) is 42.3 Å². The summed E-state index contributed by atoms with van der Waals surface area (Å²) in [5, 5.41) is 9.86. The molecule has 0 bridgehead atoms. The number of benzene rings is 2. The van der Waals surface area contributed by atoms with E-state index in [0.29, 0.717) is 33.8 Å². The van der Waals surface area contributed by atoms with Gasteiger partial charge in [-0.15, -0.1) is 0 Å². The summed E-state index contributed by atoms with van der Waals surface area (Å²) in [6.07, 6.45) is 6.16.